The molecule has 0 saturated heterocycles. The zero-order valence-corrected chi connectivity index (χ0v) is 13.0. The molecule has 0 fully saturated rings. The summed E-state index contributed by atoms with van der Waals surface area (Å²) in [5, 5.41) is 12.8. The molecule has 0 bridgehead atoms. The number of aliphatic hydroxyl groups is 1. The molecule has 1 heterocycles. The van der Waals surface area contributed by atoms with Crippen LogP contribution in [0.5, 0.6) is 0 Å². The second-order valence-corrected chi connectivity index (χ2v) is 5.64. The molecule has 5 nitrogen and oxygen atoms in total. The molecule has 0 aliphatic carbocycles. The van der Waals surface area contributed by atoms with Gasteiger partial charge in [0.25, 0.3) is 0 Å². The molecular formula is C14H15ClN2O3S. The highest BCUT2D eigenvalue weighted by atomic mass is 35.5. The Balaban J connectivity index is 1.89. The van der Waals surface area contributed by atoms with Gasteiger partial charge in [0.15, 0.2) is 15.2 Å². The molecule has 0 amide bonds. The van der Waals surface area contributed by atoms with Gasteiger partial charge < -0.3 is 15.2 Å². The van der Waals surface area contributed by atoms with Gasteiger partial charge in [-0.3, -0.25) is 0 Å². The molecule has 0 aliphatic heterocycles. The monoisotopic (exact) mass is 326 g/mol. The lowest BCUT2D eigenvalue weighted by Crippen LogP contribution is -2.04. The number of esters is 1. The number of hydrogen-bond donors (Lipinski definition) is 2. The Labute approximate surface area is 131 Å². The Kier molecular flexibility index (Phi) is 5.55. The van der Waals surface area contributed by atoms with Crippen molar-refractivity contribution in [2.24, 2.45) is 0 Å². The number of aliphatic hydroxyl groups excluding tert-OH is 1. The first-order valence-corrected chi connectivity index (χ1v) is 7.50. The lowest BCUT2D eigenvalue weighted by Gasteiger charge is -2.03. The number of ether oxygens (including phenoxy) is 1. The van der Waals surface area contributed by atoms with Crippen molar-refractivity contribution in [3.8, 4) is 0 Å². The average molecular weight is 327 g/mol. The lowest BCUT2D eigenvalue weighted by atomic mass is 10.1. The predicted octanol–water partition coefficient (Wildman–Crippen LogP) is 2.73. The van der Waals surface area contributed by atoms with Gasteiger partial charge >= 0.3 is 5.97 Å². The average Bonchev–Trinajstić information content (AvgIpc) is 2.88. The van der Waals surface area contributed by atoms with Crippen molar-refractivity contribution in [3.63, 3.8) is 0 Å². The van der Waals surface area contributed by atoms with Crippen LogP contribution in [0, 0.1) is 0 Å². The predicted molar refractivity (Wildman–Crippen MR) is 83.0 cm³/mol. The van der Waals surface area contributed by atoms with Gasteiger partial charge in [-0.05, 0) is 17.5 Å². The van der Waals surface area contributed by atoms with E-state index in [1.54, 1.807) is 0 Å². The first kappa shape index (κ1) is 15.8. The third-order valence-corrected chi connectivity index (χ3v) is 4.23. The summed E-state index contributed by atoms with van der Waals surface area (Å²) < 4.78 is 4.62. The smallest absolute Gasteiger partial charge is 0.351 e. The van der Waals surface area contributed by atoms with Crippen molar-refractivity contribution < 1.29 is 14.6 Å². The number of halogens is 1. The molecule has 2 N–H and O–H groups in total. The highest BCUT2D eigenvalue weighted by Crippen LogP contribution is 2.27. The summed E-state index contributed by atoms with van der Waals surface area (Å²) in [5.41, 5.74) is 2.04. The third kappa shape index (κ3) is 4.17. The second-order valence-electron chi connectivity index (χ2n) is 4.28. The molecule has 0 radical (unpaired) electrons. The van der Waals surface area contributed by atoms with E-state index in [1.807, 2.05) is 24.3 Å². The van der Waals surface area contributed by atoms with E-state index in [-0.39, 0.29) is 11.8 Å². The van der Waals surface area contributed by atoms with Gasteiger partial charge in [0, 0.05) is 6.54 Å². The SMILES string of the molecule is COC(=O)c1sc(NCCc2ccc(CO)cc2)nc1Cl. The lowest BCUT2D eigenvalue weighted by molar-refractivity contribution is 0.0606. The number of carbonyl (C=O) groups excluding carboxylic acids is 1. The maximum atomic E-state index is 11.4. The van der Waals surface area contributed by atoms with Gasteiger partial charge in [0.05, 0.1) is 13.7 Å². The molecule has 2 rings (SSSR count). The number of nitrogens with zero attached hydrogens (tertiary/aromatic N) is 1. The quantitative estimate of drug-likeness (QED) is 0.799. The van der Waals surface area contributed by atoms with E-state index in [2.05, 4.69) is 15.0 Å². The van der Waals surface area contributed by atoms with Crippen LogP contribution in [-0.4, -0.2) is 29.7 Å². The van der Waals surface area contributed by atoms with Crippen molar-refractivity contribution in [1.82, 2.24) is 4.98 Å². The molecule has 2 aromatic rings. The van der Waals surface area contributed by atoms with Gasteiger partial charge in [-0.15, -0.1) is 0 Å². The van der Waals surface area contributed by atoms with Crippen LogP contribution in [-0.2, 0) is 17.8 Å². The number of rotatable bonds is 6. The number of hydrogen-bond acceptors (Lipinski definition) is 6. The Morgan fingerprint density at radius 1 is 1.38 bits per heavy atom. The number of thiazole rings is 1. The topological polar surface area (TPSA) is 71.5 Å². The number of aromatic nitrogens is 1. The molecule has 0 saturated carbocycles. The molecule has 0 unspecified atom stereocenters. The first-order valence-electron chi connectivity index (χ1n) is 6.31. The fraction of sp³-hybridized carbons (Fsp3) is 0.286. The zero-order valence-electron chi connectivity index (χ0n) is 11.4. The molecule has 21 heavy (non-hydrogen) atoms. The van der Waals surface area contributed by atoms with Gasteiger partial charge in [0.2, 0.25) is 0 Å². The molecule has 0 spiro atoms. The number of anilines is 1. The van der Waals surface area contributed by atoms with Crippen LogP contribution in [0.4, 0.5) is 5.13 Å². The molecule has 1 aromatic carbocycles. The van der Waals surface area contributed by atoms with Crippen molar-refractivity contribution in [2.75, 3.05) is 19.0 Å². The normalized spacial score (nSPS) is 10.4. The summed E-state index contributed by atoms with van der Waals surface area (Å²) in [4.78, 5) is 15.8. The van der Waals surface area contributed by atoms with E-state index in [0.717, 1.165) is 17.5 Å². The minimum atomic E-state index is -0.481. The van der Waals surface area contributed by atoms with E-state index in [9.17, 15) is 4.79 Å². The Morgan fingerprint density at radius 2 is 2.05 bits per heavy atom. The van der Waals surface area contributed by atoms with Gasteiger partial charge in [-0.2, -0.15) is 0 Å². The van der Waals surface area contributed by atoms with Crippen molar-refractivity contribution in [3.05, 3.63) is 45.4 Å². The van der Waals surface area contributed by atoms with E-state index in [4.69, 9.17) is 16.7 Å². The third-order valence-electron chi connectivity index (χ3n) is 2.85. The second kappa shape index (κ2) is 7.40. The minimum Gasteiger partial charge on any atom is -0.465 e. The Morgan fingerprint density at radius 3 is 2.67 bits per heavy atom. The molecule has 112 valence electrons. The highest BCUT2D eigenvalue weighted by Gasteiger charge is 2.16. The highest BCUT2D eigenvalue weighted by molar-refractivity contribution is 7.18. The summed E-state index contributed by atoms with van der Waals surface area (Å²) in [6, 6.07) is 7.74. The molecule has 0 aliphatic rings. The van der Waals surface area contributed by atoms with Crippen molar-refractivity contribution in [1.29, 1.82) is 0 Å². The zero-order chi connectivity index (χ0) is 15.2. The van der Waals surface area contributed by atoms with Gasteiger partial charge in [0.1, 0.15) is 0 Å². The van der Waals surface area contributed by atoms with Crippen molar-refractivity contribution in [2.45, 2.75) is 13.0 Å². The van der Waals surface area contributed by atoms with Crippen LogP contribution >= 0.6 is 22.9 Å². The van der Waals surface area contributed by atoms with E-state index < -0.39 is 5.97 Å². The molecule has 7 heteroatoms. The maximum absolute atomic E-state index is 11.4. The van der Waals surface area contributed by atoms with Gasteiger partial charge in [-0.25, -0.2) is 9.78 Å². The van der Waals surface area contributed by atoms with Crippen LogP contribution in [0.2, 0.25) is 5.15 Å². The molecular weight excluding hydrogens is 312 g/mol. The first-order chi connectivity index (χ1) is 10.1. The minimum absolute atomic E-state index is 0.0481. The fourth-order valence-electron chi connectivity index (χ4n) is 1.72. The van der Waals surface area contributed by atoms with E-state index >= 15 is 0 Å². The standard InChI is InChI=1S/C14H15ClN2O3S/c1-20-13(19)11-12(15)17-14(21-11)16-7-6-9-2-4-10(8-18)5-3-9/h2-5,18H,6-8H2,1H3,(H,16,17). The molecule has 0 atom stereocenters. The Hall–Kier alpha value is -1.63. The molecule has 1 aromatic heterocycles. The summed E-state index contributed by atoms with van der Waals surface area (Å²) in [6.07, 6.45) is 0.802. The van der Waals surface area contributed by atoms with Crippen LogP contribution in [0.15, 0.2) is 24.3 Å². The summed E-state index contributed by atoms with van der Waals surface area (Å²) in [6.45, 7) is 0.718. The van der Waals surface area contributed by atoms with E-state index in [0.29, 0.717) is 16.6 Å². The number of nitrogens with one attached hydrogen (secondary N) is 1. The van der Waals surface area contributed by atoms with Crippen LogP contribution in [0.25, 0.3) is 0 Å². The van der Waals surface area contributed by atoms with Gasteiger partial charge in [-0.1, -0.05) is 47.2 Å². The Bertz CT molecular complexity index is 613. The summed E-state index contributed by atoms with van der Waals surface area (Å²) in [7, 11) is 1.31. The maximum Gasteiger partial charge on any atom is 0.351 e. The van der Waals surface area contributed by atoms with Crippen molar-refractivity contribution >= 4 is 34.0 Å². The van der Waals surface area contributed by atoms with E-state index in [1.165, 1.54) is 18.4 Å². The number of benzene rings is 1. The number of carbonyl (C=O) groups is 1. The summed E-state index contributed by atoms with van der Waals surface area (Å²) in [5.74, 6) is -0.481. The fourth-order valence-corrected chi connectivity index (χ4v) is 2.85. The summed E-state index contributed by atoms with van der Waals surface area (Å²) >= 11 is 7.05. The van der Waals surface area contributed by atoms with Crippen LogP contribution < -0.4 is 5.32 Å². The number of methoxy groups -OCH3 is 1. The van der Waals surface area contributed by atoms with Crippen LogP contribution in [0.1, 0.15) is 20.8 Å². The largest absolute Gasteiger partial charge is 0.465 e. The van der Waals surface area contributed by atoms with Crippen LogP contribution in [0.3, 0.4) is 0 Å².